The van der Waals surface area contributed by atoms with Gasteiger partial charge >= 0.3 is 0 Å². The highest BCUT2D eigenvalue weighted by Gasteiger charge is 2.42. The number of benzene rings is 1. The van der Waals surface area contributed by atoms with Crippen LogP contribution in [-0.2, 0) is 18.3 Å². The third-order valence-electron chi connectivity index (χ3n) is 6.61. The van der Waals surface area contributed by atoms with Gasteiger partial charge in [0.25, 0.3) is 5.56 Å². The highest BCUT2D eigenvalue weighted by atomic mass is 16.5. The van der Waals surface area contributed by atoms with E-state index in [4.69, 9.17) is 9.72 Å². The molecule has 1 aliphatic carbocycles. The van der Waals surface area contributed by atoms with Crippen LogP contribution in [0, 0.1) is 0 Å². The molecular weight excluding hydrogens is 340 g/mol. The van der Waals surface area contributed by atoms with E-state index < -0.39 is 0 Å². The number of piperidine rings is 1. The standard InChI is InChI=1S/C21H26N4O2/c1-27-14-6-7-18-16(12-14)21(13-22-18)8-10-25(11-9-21)20-23-17-5-3-2-4-15(17)19(26)24-20/h6-7,12,22H,2-5,8-11,13H2,1H3,(H,23,24,26). The predicted molar refractivity (Wildman–Crippen MR) is 106 cm³/mol. The van der Waals surface area contributed by atoms with Gasteiger partial charge in [0.1, 0.15) is 5.75 Å². The Morgan fingerprint density at radius 1 is 1.19 bits per heavy atom. The van der Waals surface area contributed by atoms with Gasteiger partial charge in [0.2, 0.25) is 5.95 Å². The minimum atomic E-state index is 0.0626. The predicted octanol–water partition coefficient (Wildman–Crippen LogP) is 2.62. The zero-order chi connectivity index (χ0) is 18.4. The number of aromatic amines is 1. The minimum absolute atomic E-state index is 0.0626. The second-order valence-electron chi connectivity index (χ2n) is 8.05. The molecule has 27 heavy (non-hydrogen) atoms. The molecule has 3 heterocycles. The Labute approximate surface area is 159 Å². The molecule has 0 amide bonds. The molecule has 1 aromatic heterocycles. The van der Waals surface area contributed by atoms with Crippen molar-refractivity contribution in [1.82, 2.24) is 9.97 Å². The normalized spacial score (nSPS) is 20.1. The summed E-state index contributed by atoms with van der Waals surface area (Å²) in [7, 11) is 1.72. The van der Waals surface area contributed by atoms with Gasteiger partial charge in [-0.3, -0.25) is 9.78 Å². The number of ether oxygens (including phenoxy) is 1. The lowest BCUT2D eigenvalue weighted by molar-refractivity contribution is 0.356. The summed E-state index contributed by atoms with van der Waals surface area (Å²) in [6.07, 6.45) is 6.11. The molecule has 2 N–H and O–H groups in total. The molecule has 1 fully saturated rings. The van der Waals surface area contributed by atoms with Gasteiger partial charge in [-0.25, -0.2) is 4.98 Å². The largest absolute Gasteiger partial charge is 0.497 e. The molecule has 5 rings (SSSR count). The first-order valence-corrected chi connectivity index (χ1v) is 9.98. The summed E-state index contributed by atoms with van der Waals surface area (Å²) in [4.78, 5) is 22.6. The van der Waals surface area contributed by atoms with E-state index in [0.29, 0.717) is 0 Å². The van der Waals surface area contributed by atoms with Crippen LogP contribution in [0.3, 0.4) is 0 Å². The van der Waals surface area contributed by atoms with E-state index in [9.17, 15) is 4.79 Å². The Bertz CT molecular complexity index is 928. The van der Waals surface area contributed by atoms with Gasteiger partial charge in [-0.15, -0.1) is 0 Å². The van der Waals surface area contributed by atoms with Crippen LogP contribution in [0.1, 0.15) is 42.5 Å². The number of aryl methyl sites for hydroxylation is 1. The number of hydrogen-bond donors (Lipinski definition) is 2. The summed E-state index contributed by atoms with van der Waals surface area (Å²) in [5.41, 5.74) is 4.72. The number of methoxy groups -OCH3 is 1. The number of fused-ring (bicyclic) bond motifs is 3. The van der Waals surface area contributed by atoms with Crippen LogP contribution in [0.25, 0.3) is 0 Å². The van der Waals surface area contributed by atoms with Crippen LogP contribution in [0.5, 0.6) is 5.75 Å². The van der Waals surface area contributed by atoms with Crippen molar-refractivity contribution in [3.05, 3.63) is 45.4 Å². The van der Waals surface area contributed by atoms with Gasteiger partial charge in [0, 0.05) is 36.3 Å². The lowest BCUT2D eigenvalue weighted by atomic mass is 9.74. The summed E-state index contributed by atoms with van der Waals surface area (Å²) >= 11 is 0. The molecule has 0 unspecified atom stereocenters. The quantitative estimate of drug-likeness (QED) is 0.855. The van der Waals surface area contributed by atoms with Crippen molar-refractivity contribution < 1.29 is 4.74 Å². The summed E-state index contributed by atoms with van der Waals surface area (Å²) in [6, 6.07) is 6.32. The van der Waals surface area contributed by atoms with Crippen molar-refractivity contribution in [3.63, 3.8) is 0 Å². The lowest BCUT2D eigenvalue weighted by Crippen LogP contribution is -2.45. The van der Waals surface area contributed by atoms with Crippen LogP contribution in [-0.4, -0.2) is 36.7 Å². The summed E-state index contributed by atoms with van der Waals surface area (Å²) in [5, 5.41) is 3.57. The summed E-state index contributed by atoms with van der Waals surface area (Å²) in [5.74, 6) is 1.67. The monoisotopic (exact) mass is 366 g/mol. The second-order valence-corrected chi connectivity index (χ2v) is 8.05. The molecule has 6 nitrogen and oxygen atoms in total. The molecule has 2 aromatic rings. The molecule has 142 valence electrons. The van der Waals surface area contributed by atoms with Crippen LogP contribution in [0.2, 0.25) is 0 Å². The van der Waals surface area contributed by atoms with Gasteiger partial charge in [0.05, 0.1) is 12.8 Å². The molecule has 1 spiro atoms. The third-order valence-corrected chi connectivity index (χ3v) is 6.61. The number of anilines is 2. The van der Waals surface area contributed by atoms with Crippen LogP contribution >= 0.6 is 0 Å². The van der Waals surface area contributed by atoms with E-state index in [-0.39, 0.29) is 11.0 Å². The number of rotatable bonds is 2. The van der Waals surface area contributed by atoms with Crippen molar-refractivity contribution in [2.75, 3.05) is 37.0 Å². The average molecular weight is 366 g/mol. The van der Waals surface area contributed by atoms with Crippen molar-refractivity contribution in [2.45, 2.75) is 43.9 Å². The molecule has 1 saturated heterocycles. The molecule has 0 saturated carbocycles. The van der Waals surface area contributed by atoms with E-state index in [0.717, 1.165) is 81.1 Å². The fourth-order valence-corrected chi connectivity index (χ4v) is 4.94. The van der Waals surface area contributed by atoms with Gasteiger partial charge in [0.15, 0.2) is 0 Å². The van der Waals surface area contributed by atoms with Crippen LogP contribution in [0.15, 0.2) is 23.0 Å². The number of H-pyrrole nitrogens is 1. The number of nitrogens with zero attached hydrogens (tertiary/aromatic N) is 2. The maximum Gasteiger partial charge on any atom is 0.255 e. The molecule has 6 heteroatoms. The molecule has 0 radical (unpaired) electrons. The molecule has 2 aliphatic heterocycles. The van der Waals surface area contributed by atoms with E-state index in [2.05, 4.69) is 27.3 Å². The van der Waals surface area contributed by atoms with Crippen molar-refractivity contribution in [3.8, 4) is 5.75 Å². The first-order valence-electron chi connectivity index (χ1n) is 9.98. The Morgan fingerprint density at radius 2 is 2.00 bits per heavy atom. The molecule has 1 aromatic carbocycles. The maximum atomic E-state index is 12.5. The van der Waals surface area contributed by atoms with Crippen LogP contribution in [0.4, 0.5) is 11.6 Å². The van der Waals surface area contributed by atoms with Crippen molar-refractivity contribution >= 4 is 11.6 Å². The van der Waals surface area contributed by atoms with Gasteiger partial charge < -0.3 is 15.0 Å². The summed E-state index contributed by atoms with van der Waals surface area (Å²) in [6.45, 7) is 2.78. The number of aromatic nitrogens is 2. The average Bonchev–Trinajstić information content (AvgIpc) is 3.06. The Hall–Kier alpha value is -2.50. The minimum Gasteiger partial charge on any atom is -0.497 e. The van der Waals surface area contributed by atoms with Gasteiger partial charge in [-0.05, 0) is 62.3 Å². The van der Waals surface area contributed by atoms with Gasteiger partial charge in [-0.2, -0.15) is 0 Å². The van der Waals surface area contributed by atoms with Crippen LogP contribution < -0.4 is 20.5 Å². The molecule has 3 aliphatic rings. The fourth-order valence-electron chi connectivity index (χ4n) is 4.94. The van der Waals surface area contributed by atoms with Gasteiger partial charge in [-0.1, -0.05) is 0 Å². The zero-order valence-electron chi connectivity index (χ0n) is 15.8. The smallest absolute Gasteiger partial charge is 0.255 e. The summed E-state index contributed by atoms with van der Waals surface area (Å²) < 4.78 is 5.44. The second kappa shape index (κ2) is 6.29. The topological polar surface area (TPSA) is 70.2 Å². The molecule has 0 atom stereocenters. The highest BCUT2D eigenvalue weighted by molar-refractivity contribution is 5.63. The highest BCUT2D eigenvalue weighted by Crippen LogP contribution is 2.45. The number of hydrogen-bond acceptors (Lipinski definition) is 5. The Balaban J connectivity index is 1.39. The molecule has 0 bridgehead atoms. The van der Waals surface area contributed by atoms with E-state index in [1.165, 1.54) is 11.3 Å². The number of nitrogens with one attached hydrogen (secondary N) is 2. The third kappa shape index (κ3) is 2.69. The van der Waals surface area contributed by atoms with E-state index in [1.807, 2.05) is 6.07 Å². The molecular formula is C21H26N4O2. The van der Waals surface area contributed by atoms with Crippen molar-refractivity contribution in [2.24, 2.45) is 0 Å². The first-order chi connectivity index (χ1) is 13.2. The van der Waals surface area contributed by atoms with E-state index >= 15 is 0 Å². The van der Waals surface area contributed by atoms with Crippen molar-refractivity contribution in [1.29, 1.82) is 0 Å². The fraction of sp³-hybridized carbons (Fsp3) is 0.524. The Kier molecular flexibility index (Phi) is 3.88. The zero-order valence-corrected chi connectivity index (χ0v) is 15.8. The lowest BCUT2D eigenvalue weighted by Gasteiger charge is -2.39. The SMILES string of the molecule is COc1ccc2c(c1)C1(CCN(c3nc4c(c(=O)[nH]3)CCCC4)CC1)CN2. The Morgan fingerprint density at radius 3 is 2.81 bits per heavy atom. The maximum absolute atomic E-state index is 12.5. The first kappa shape index (κ1) is 16.7. The van der Waals surface area contributed by atoms with E-state index in [1.54, 1.807) is 7.11 Å².